The molecule has 3 unspecified atom stereocenters. The fraction of sp³-hybridized carbons (Fsp3) is 0.875. The molecule has 1 heterocycles. The first-order valence-electron chi connectivity index (χ1n) is 8.32. The van der Waals surface area contributed by atoms with Crippen molar-refractivity contribution >= 4 is 0 Å². The molecule has 120 valence electrons. The Labute approximate surface area is 127 Å². The van der Waals surface area contributed by atoms with Crippen molar-refractivity contribution in [1.29, 1.82) is 0 Å². The minimum Gasteiger partial charge on any atom is -0.367 e. The van der Waals surface area contributed by atoms with Crippen LogP contribution in [0.2, 0.25) is 0 Å². The van der Waals surface area contributed by atoms with Crippen molar-refractivity contribution in [1.82, 2.24) is 15.5 Å². The molecule has 0 spiro atoms. The van der Waals surface area contributed by atoms with E-state index < -0.39 is 0 Å². The summed E-state index contributed by atoms with van der Waals surface area (Å²) in [4.78, 5) is 4.65. The van der Waals surface area contributed by atoms with Crippen LogP contribution >= 0.6 is 0 Å². The van der Waals surface area contributed by atoms with Gasteiger partial charge in [-0.15, -0.1) is 0 Å². The van der Waals surface area contributed by atoms with Gasteiger partial charge in [0.15, 0.2) is 0 Å². The molecule has 0 radical (unpaired) electrons. The van der Waals surface area contributed by atoms with E-state index in [4.69, 9.17) is 9.26 Å². The summed E-state index contributed by atoms with van der Waals surface area (Å²) in [6.45, 7) is 10.1. The molecule has 3 atom stereocenters. The van der Waals surface area contributed by atoms with Gasteiger partial charge in [-0.25, -0.2) is 0 Å². The lowest BCUT2D eigenvalue weighted by Gasteiger charge is -2.37. The van der Waals surface area contributed by atoms with Gasteiger partial charge in [0.05, 0.1) is 6.04 Å². The molecule has 0 amide bonds. The van der Waals surface area contributed by atoms with Crippen LogP contribution in [0.4, 0.5) is 0 Å². The van der Waals surface area contributed by atoms with Crippen LogP contribution in [0.3, 0.4) is 0 Å². The molecule has 5 nitrogen and oxygen atoms in total. The quantitative estimate of drug-likeness (QED) is 0.833. The van der Waals surface area contributed by atoms with Crippen molar-refractivity contribution in [3.8, 4) is 0 Å². The van der Waals surface area contributed by atoms with Gasteiger partial charge in [0.2, 0.25) is 11.7 Å². The molecule has 21 heavy (non-hydrogen) atoms. The van der Waals surface area contributed by atoms with Crippen molar-refractivity contribution in [2.24, 2.45) is 5.92 Å². The van der Waals surface area contributed by atoms with Gasteiger partial charge in [-0.05, 0) is 52.0 Å². The van der Waals surface area contributed by atoms with Crippen LogP contribution in [-0.2, 0) is 10.3 Å². The number of hydrogen-bond donors (Lipinski definition) is 1. The summed E-state index contributed by atoms with van der Waals surface area (Å²) in [6.07, 6.45) is 5.48. The first kappa shape index (κ1) is 16.4. The lowest BCUT2D eigenvalue weighted by molar-refractivity contribution is -0.0891. The predicted molar refractivity (Wildman–Crippen MR) is 81.9 cm³/mol. The van der Waals surface area contributed by atoms with Crippen molar-refractivity contribution < 1.29 is 9.26 Å². The summed E-state index contributed by atoms with van der Waals surface area (Å²) in [5.41, 5.74) is -0.349. The zero-order chi connectivity index (χ0) is 15.3. The zero-order valence-corrected chi connectivity index (χ0v) is 13.8. The van der Waals surface area contributed by atoms with Crippen LogP contribution in [0, 0.1) is 5.92 Å². The van der Waals surface area contributed by atoms with Gasteiger partial charge in [-0.3, -0.25) is 0 Å². The fourth-order valence-electron chi connectivity index (χ4n) is 3.22. The molecule has 0 saturated heterocycles. The SMILES string of the molecule is CCCNC(C)c1nc(C2(OCC)CCCC(C)C2)no1. The normalized spacial score (nSPS) is 27.7. The highest BCUT2D eigenvalue weighted by Gasteiger charge is 2.41. The Morgan fingerprint density at radius 1 is 1.48 bits per heavy atom. The fourth-order valence-corrected chi connectivity index (χ4v) is 3.22. The lowest BCUT2D eigenvalue weighted by atomic mass is 9.78. The molecule has 5 heteroatoms. The van der Waals surface area contributed by atoms with E-state index in [9.17, 15) is 0 Å². The van der Waals surface area contributed by atoms with Crippen LogP contribution in [0.5, 0.6) is 0 Å². The second-order valence-corrected chi connectivity index (χ2v) is 6.26. The molecular weight excluding hydrogens is 266 g/mol. The van der Waals surface area contributed by atoms with Crippen molar-refractivity contribution in [2.45, 2.75) is 71.4 Å². The van der Waals surface area contributed by atoms with Gasteiger partial charge < -0.3 is 14.6 Å². The average Bonchev–Trinajstić information content (AvgIpc) is 2.95. The number of ether oxygens (including phenoxy) is 1. The second-order valence-electron chi connectivity index (χ2n) is 6.26. The molecule has 0 aromatic carbocycles. The number of nitrogens with one attached hydrogen (secondary N) is 1. The Hall–Kier alpha value is -0.940. The maximum absolute atomic E-state index is 6.10. The minimum atomic E-state index is -0.349. The first-order chi connectivity index (χ1) is 10.1. The summed E-state index contributed by atoms with van der Waals surface area (Å²) in [6, 6.07) is 0.0888. The van der Waals surface area contributed by atoms with Gasteiger partial charge >= 0.3 is 0 Å². The molecule has 1 aliphatic rings. The predicted octanol–water partition coefficient (Wildman–Crippen LogP) is 3.57. The van der Waals surface area contributed by atoms with E-state index in [2.05, 4.69) is 36.2 Å². The van der Waals surface area contributed by atoms with E-state index in [1.165, 1.54) is 6.42 Å². The summed E-state index contributed by atoms with van der Waals surface area (Å²) >= 11 is 0. The number of nitrogens with zero attached hydrogens (tertiary/aromatic N) is 2. The molecular formula is C16H29N3O2. The van der Waals surface area contributed by atoms with E-state index in [1.807, 2.05) is 6.92 Å². The molecule has 1 aromatic heterocycles. The van der Waals surface area contributed by atoms with Crippen LogP contribution in [0.25, 0.3) is 0 Å². The number of aromatic nitrogens is 2. The standard InChI is InChI=1S/C16H29N3O2/c1-5-10-17-13(4)14-18-15(19-21-14)16(20-6-2)9-7-8-12(3)11-16/h12-13,17H,5-11H2,1-4H3. The number of rotatable bonds is 7. The van der Waals surface area contributed by atoms with E-state index in [0.29, 0.717) is 18.4 Å². The van der Waals surface area contributed by atoms with Gasteiger partial charge in [0.25, 0.3) is 0 Å². The molecule has 0 aliphatic heterocycles. The van der Waals surface area contributed by atoms with Crippen LogP contribution < -0.4 is 5.32 Å². The van der Waals surface area contributed by atoms with E-state index in [-0.39, 0.29) is 11.6 Å². The molecule has 1 fully saturated rings. The third kappa shape index (κ3) is 3.83. The van der Waals surface area contributed by atoms with Gasteiger partial charge in [0.1, 0.15) is 5.60 Å². The zero-order valence-electron chi connectivity index (χ0n) is 13.8. The average molecular weight is 295 g/mol. The van der Waals surface area contributed by atoms with E-state index in [1.54, 1.807) is 0 Å². The minimum absolute atomic E-state index is 0.0888. The van der Waals surface area contributed by atoms with E-state index >= 15 is 0 Å². The molecule has 1 aliphatic carbocycles. The van der Waals surface area contributed by atoms with Gasteiger partial charge in [-0.1, -0.05) is 25.4 Å². The summed E-state index contributed by atoms with van der Waals surface area (Å²) in [5, 5.41) is 7.62. The first-order valence-corrected chi connectivity index (χ1v) is 8.32. The largest absolute Gasteiger partial charge is 0.367 e. The van der Waals surface area contributed by atoms with Gasteiger partial charge in [-0.2, -0.15) is 4.98 Å². The maximum Gasteiger partial charge on any atom is 0.243 e. The Morgan fingerprint density at radius 2 is 2.29 bits per heavy atom. The second kappa shape index (κ2) is 7.36. The van der Waals surface area contributed by atoms with Crippen molar-refractivity contribution in [2.75, 3.05) is 13.2 Å². The highest BCUT2D eigenvalue weighted by molar-refractivity contribution is 5.05. The summed E-state index contributed by atoms with van der Waals surface area (Å²) in [7, 11) is 0. The topological polar surface area (TPSA) is 60.2 Å². The Bertz CT molecular complexity index is 431. The molecule has 0 bridgehead atoms. The molecule has 1 aromatic rings. The maximum atomic E-state index is 6.10. The third-order valence-corrected chi connectivity index (χ3v) is 4.30. The van der Waals surface area contributed by atoms with Crippen molar-refractivity contribution in [3.05, 3.63) is 11.7 Å². The molecule has 1 N–H and O–H groups in total. The van der Waals surface area contributed by atoms with E-state index in [0.717, 1.165) is 38.1 Å². The summed E-state index contributed by atoms with van der Waals surface area (Å²) in [5.74, 6) is 2.04. The van der Waals surface area contributed by atoms with Crippen LogP contribution in [-0.4, -0.2) is 23.3 Å². The Balaban J connectivity index is 2.16. The Kier molecular flexibility index (Phi) is 5.76. The van der Waals surface area contributed by atoms with Gasteiger partial charge in [0, 0.05) is 6.61 Å². The van der Waals surface area contributed by atoms with Crippen LogP contribution in [0.15, 0.2) is 4.52 Å². The Morgan fingerprint density at radius 3 is 2.95 bits per heavy atom. The third-order valence-electron chi connectivity index (χ3n) is 4.30. The smallest absolute Gasteiger partial charge is 0.243 e. The highest BCUT2D eigenvalue weighted by Crippen LogP contribution is 2.41. The van der Waals surface area contributed by atoms with Crippen molar-refractivity contribution in [3.63, 3.8) is 0 Å². The molecule has 2 rings (SSSR count). The highest BCUT2D eigenvalue weighted by atomic mass is 16.5. The number of hydrogen-bond acceptors (Lipinski definition) is 5. The van der Waals surface area contributed by atoms with Crippen LogP contribution in [0.1, 0.15) is 77.6 Å². The molecule has 1 saturated carbocycles. The lowest BCUT2D eigenvalue weighted by Crippen LogP contribution is -2.36. The summed E-state index contributed by atoms with van der Waals surface area (Å²) < 4.78 is 11.6. The monoisotopic (exact) mass is 295 g/mol.